The van der Waals surface area contributed by atoms with Crippen LogP contribution in [-0.4, -0.2) is 40.1 Å². The lowest BCUT2D eigenvalue weighted by Gasteiger charge is -2.31. The number of sulfonamides is 1. The topological polar surface area (TPSA) is 92.5 Å². The van der Waals surface area contributed by atoms with Crippen molar-refractivity contribution < 1.29 is 18.3 Å². The lowest BCUT2D eigenvalue weighted by Crippen LogP contribution is -2.42. The normalized spacial score (nSPS) is 19.4. The summed E-state index contributed by atoms with van der Waals surface area (Å²) in [6.45, 7) is 0.151. The predicted molar refractivity (Wildman–Crippen MR) is 75.5 cm³/mol. The summed E-state index contributed by atoms with van der Waals surface area (Å²) in [6, 6.07) is 0.684. The molecule has 1 aliphatic rings. The summed E-state index contributed by atoms with van der Waals surface area (Å²) in [5, 5.41) is 15.1. The number of aliphatic carboxylic acids is 1. The molecular weight excluding hydrogens is 314 g/mol. The fourth-order valence-corrected chi connectivity index (χ4v) is 5.11. The van der Waals surface area contributed by atoms with Crippen molar-refractivity contribution in [1.29, 1.82) is 0 Å². The predicted octanol–water partition coefficient (Wildman–Crippen LogP) is 0.854. The molecule has 2 aromatic rings. The van der Waals surface area contributed by atoms with Gasteiger partial charge in [0, 0.05) is 24.7 Å². The van der Waals surface area contributed by atoms with E-state index >= 15 is 0 Å². The van der Waals surface area contributed by atoms with Gasteiger partial charge in [0.1, 0.15) is 4.90 Å². The minimum atomic E-state index is -3.88. The Balaban J connectivity index is 2.08. The Kier molecular flexibility index (Phi) is 3.34. The number of hydrogen-bond donors (Lipinski definition) is 1. The molecule has 2 aromatic heterocycles. The molecule has 7 nitrogen and oxygen atoms in total. The van der Waals surface area contributed by atoms with Crippen LogP contribution in [0.3, 0.4) is 0 Å². The molecule has 1 N–H and O–H groups in total. The molecule has 0 radical (unpaired) electrons. The van der Waals surface area contributed by atoms with Crippen LogP contribution in [0.15, 0.2) is 28.7 Å². The smallest absolute Gasteiger partial charge is 0.327 e. The maximum atomic E-state index is 12.7. The quantitative estimate of drug-likeness (QED) is 0.902. The van der Waals surface area contributed by atoms with Crippen molar-refractivity contribution in [3.63, 3.8) is 0 Å². The number of fused-ring (bicyclic) bond motifs is 1. The van der Waals surface area contributed by atoms with Gasteiger partial charge in [0.05, 0.1) is 6.20 Å². The van der Waals surface area contributed by atoms with E-state index in [1.807, 2.05) is 6.07 Å². The van der Waals surface area contributed by atoms with Crippen LogP contribution in [0.25, 0.3) is 0 Å². The fourth-order valence-electron chi connectivity index (χ4n) is 2.45. The summed E-state index contributed by atoms with van der Waals surface area (Å²) in [7, 11) is -2.27. The summed E-state index contributed by atoms with van der Waals surface area (Å²) >= 11 is 1.27. The van der Waals surface area contributed by atoms with E-state index in [4.69, 9.17) is 0 Å². The largest absolute Gasteiger partial charge is 0.480 e. The number of rotatable bonds is 3. The highest BCUT2D eigenvalue weighted by atomic mass is 32.2. The lowest BCUT2D eigenvalue weighted by atomic mass is 10.0. The Hall–Kier alpha value is -1.71. The third kappa shape index (κ3) is 2.27. The van der Waals surface area contributed by atoms with Crippen molar-refractivity contribution in [2.75, 3.05) is 6.54 Å². The van der Waals surface area contributed by atoms with Crippen LogP contribution >= 0.6 is 11.3 Å². The van der Waals surface area contributed by atoms with Gasteiger partial charge in [0.2, 0.25) is 10.0 Å². The van der Waals surface area contributed by atoms with Crippen LogP contribution in [0.2, 0.25) is 0 Å². The van der Waals surface area contributed by atoms with Gasteiger partial charge in [-0.2, -0.15) is 9.40 Å². The van der Waals surface area contributed by atoms with E-state index < -0.39 is 22.0 Å². The molecule has 0 amide bonds. The second-order valence-electron chi connectivity index (χ2n) is 4.77. The zero-order chi connectivity index (χ0) is 15.2. The Bertz CT molecular complexity index is 793. The molecule has 0 saturated heterocycles. The number of carbonyl (C=O) groups is 1. The minimum Gasteiger partial charge on any atom is -0.480 e. The van der Waals surface area contributed by atoms with Gasteiger partial charge in [-0.25, -0.2) is 8.42 Å². The molecule has 0 saturated carbocycles. The summed E-state index contributed by atoms with van der Waals surface area (Å²) in [4.78, 5) is 12.2. The Morgan fingerprint density at radius 1 is 1.52 bits per heavy atom. The molecule has 9 heteroatoms. The van der Waals surface area contributed by atoms with Crippen molar-refractivity contribution in [3.8, 4) is 0 Å². The number of thiophene rings is 1. The van der Waals surface area contributed by atoms with Crippen LogP contribution in [0.4, 0.5) is 0 Å². The van der Waals surface area contributed by atoms with Crippen molar-refractivity contribution in [2.45, 2.75) is 17.4 Å². The highest BCUT2D eigenvalue weighted by Crippen LogP contribution is 2.37. The maximum Gasteiger partial charge on any atom is 0.327 e. The second-order valence-corrected chi connectivity index (χ2v) is 7.60. The van der Waals surface area contributed by atoms with Crippen LogP contribution in [-0.2, 0) is 28.3 Å². The molecule has 1 aliphatic heterocycles. The fraction of sp³-hybridized carbons (Fsp3) is 0.333. The van der Waals surface area contributed by atoms with Crippen LogP contribution in [0, 0.1) is 0 Å². The third-order valence-electron chi connectivity index (χ3n) is 3.44. The number of carboxylic acid groups (broad SMARTS) is 1. The zero-order valence-corrected chi connectivity index (χ0v) is 12.8. The van der Waals surface area contributed by atoms with Crippen molar-refractivity contribution in [3.05, 3.63) is 34.3 Å². The number of nitrogens with zero attached hydrogens (tertiary/aromatic N) is 3. The monoisotopic (exact) mass is 327 g/mol. The molecule has 0 bridgehead atoms. The van der Waals surface area contributed by atoms with Crippen LogP contribution in [0.5, 0.6) is 0 Å². The van der Waals surface area contributed by atoms with Gasteiger partial charge in [-0.1, -0.05) is 0 Å². The Labute approximate surface area is 125 Å². The van der Waals surface area contributed by atoms with Crippen molar-refractivity contribution in [1.82, 2.24) is 14.1 Å². The van der Waals surface area contributed by atoms with Gasteiger partial charge in [0.15, 0.2) is 6.04 Å². The standard InChI is InChI=1S/C12H13N3O4S2/c1-14-7-9(6-13-14)21(18,19)15-4-2-8-3-5-20-11(8)10(15)12(16)17/h3,5-7,10H,2,4H2,1H3,(H,16,17). The summed E-state index contributed by atoms with van der Waals surface area (Å²) in [5.41, 5.74) is 0.907. The molecule has 0 aliphatic carbocycles. The molecule has 112 valence electrons. The average Bonchev–Trinajstić information content (AvgIpc) is 3.05. The van der Waals surface area contributed by atoms with Gasteiger partial charge in [-0.05, 0) is 23.4 Å². The van der Waals surface area contributed by atoms with Gasteiger partial charge >= 0.3 is 5.97 Å². The summed E-state index contributed by atoms with van der Waals surface area (Å²) in [6.07, 6.45) is 3.12. The molecule has 0 fully saturated rings. The van der Waals surface area contributed by atoms with E-state index in [0.717, 1.165) is 9.87 Å². The lowest BCUT2D eigenvalue weighted by molar-refractivity contribution is -0.141. The first-order valence-electron chi connectivity index (χ1n) is 6.21. The zero-order valence-electron chi connectivity index (χ0n) is 11.1. The minimum absolute atomic E-state index is 0.0104. The maximum absolute atomic E-state index is 12.7. The first-order valence-corrected chi connectivity index (χ1v) is 8.53. The second kappa shape index (κ2) is 4.93. The molecule has 3 heterocycles. The average molecular weight is 327 g/mol. The molecule has 21 heavy (non-hydrogen) atoms. The van der Waals surface area contributed by atoms with Gasteiger partial charge in [-0.15, -0.1) is 11.3 Å². The van der Waals surface area contributed by atoms with E-state index in [1.165, 1.54) is 28.4 Å². The van der Waals surface area contributed by atoms with E-state index in [9.17, 15) is 18.3 Å². The molecule has 1 unspecified atom stereocenters. The number of aryl methyl sites for hydroxylation is 1. The highest BCUT2D eigenvalue weighted by molar-refractivity contribution is 7.89. The van der Waals surface area contributed by atoms with E-state index in [1.54, 1.807) is 12.4 Å². The molecule has 0 aromatic carbocycles. The van der Waals surface area contributed by atoms with Gasteiger partial charge < -0.3 is 5.11 Å². The van der Waals surface area contributed by atoms with Crippen LogP contribution < -0.4 is 0 Å². The van der Waals surface area contributed by atoms with Crippen molar-refractivity contribution in [2.24, 2.45) is 7.05 Å². The van der Waals surface area contributed by atoms with Crippen LogP contribution in [0.1, 0.15) is 16.5 Å². The van der Waals surface area contributed by atoms with Gasteiger partial charge in [0.25, 0.3) is 0 Å². The number of aromatic nitrogens is 2. The van der Waals surface area contributed by atoms with E-state index in [0.29, 0.717) is 11.3 Å². The van der Waals surface area contributed by atoms with E-state index in [2.05, 4.69) is 5.10 Å². The summed E-state index contributed by atoms with van der Waals surface area (Å²) in [5.74, 6) is -1.16. The molecule has 0 spiro atoms. The molecular formula is C12H13N3O4S2. The van der Waals surface area contributed by atoms with Gasteiger partial charge in [-0.3, -0.25) is 9.48 Å². The molecule has 1 atom stereocenters. The first kappa shape index (κ1) is 14.2. The first-order chi connectivity index (χ1) is 9.91. The summed E-state index contributed by atoms with van der Waals surface area (Å²) < 4.78 is 27.7. The third-order valence-corrected chi connectivity index (χ3v) is 6.27. The molecule has 3 rings (SSSR count). The van der Waals surface area contributed by atoms with E-state index in [-0.39, 0.29) is 11.4 Å². The van der Waals surface area contributed by atoms with Crippen molar-refractivity contribution >= 4 is 27.3 Å². The number of carboxylic acids is 1. The SMILES string of the molecule is Cn1cc(S(=O)(=O)N2CCc3ccsc3C2C(=O)O)cn1. The Morgan fingerprint density at radius 2 is 2.29 bits per heavy atom. The number of hydrogen-bond acceptors (Lipinski definition) is 5. The Morgan fingerprint density at radius 3 is 2.90 bits per heavy atom. The highest BCUT2D eigenvalue weighted by Gasteiger charge is 2.41.